The number of aromatic nitrogens is 1. The van der Waals surface area contributed by atoms with Crippen molar-refractivity contribution in [3.63, 3.8) is 0 Å². The summed E-state index contributed by atoms with van der Waals surface area (Å²) in [5.74, 6) is 1.36. The number of benzene rings is 2. The Labute approximate surface area is 190 Å². The number of rotatable bonds is 8. The van der Waals surface area contributed by atoms with E-state index in [1.807, 2.05) is 30.3 Å². The van der Waals surface area contributed by atoms with Gasteiger partial charge >= 0.3 is 0 Å². The van der Waals surface area contributed by atoms with E-state index in [2.05, 4.69) is 60.0 Å². The molecule has 1 aliphatic rings. The number of carbonyl (C=O) groups excluding carboxylic acids is 1. The van der Waals surface area contributed by atoms with Crippen LogP contribution >= 0.6 is 0 Å². The first kappa shape index (κ1) is 22.2. The van der Waals surface area contributed by atoms with Crippen LogP contribution in [0.1, 0.15) is 43.0 Å². The molecule has 0 saturated carbocycles. The second-order valence-electron chi connectivity index (χ2n) is 9.01. The molecular formula is C27H33N3O2. The number of nitrogens with one attached hydrogen (secondary N) is 2. The number of hydrogen-bond acceptors (Lipinski definition) is 3. The molecule has 2 aromatic carbocycles. The van der Waals surface area contributed by atoms with Gasteiger partial charge in [-0.05, 0) is 53.6 Å². The molecule has 1 aromatic heterocycles. The number of allylic oxidation sites excluding steroid dienone is 1. The van der Waals surface area contributed by atoms with Crippen LogP contribution in [0.15, 0.2) is 61.3 Å². The largest absolute Gasteiger partial charge is 0.497 e. The number of hydrogen-bond donors (Lipinski definition) is 2. The van der Waals surface area contributed by atoms with E-state index in [0.29, 0.717) is 18.9 Å². The predicted octanol–water partition coefficient (Wildman–Crippen LogP) is 4.75. The van der Waals surface area contributed by atoms with Crippen molar-refractivity contribution in [3.05, 3.63) is 78.0 Å². The minimum atomic E-state index is -0.285. The van der Waals surface area contributed by atoms with Crippen LogP contribution in [-0.4, -0.2) is 23.6 Å². The molecule has 1 aliphatic heterocycles. The van der Waals surface area contributed by atoms with Gasteiger partial charge in [-0.2, -0.15) is 0 Å². The van der Waals surface area contributed by atoms with Gasteiger partial charge in [0.15, 0.2) is 0 Å². The Bertz CT molecular complexity index is 1100. The molecule has 2 heterocycles. The number of carbonyl (C=O) groups is 1. The fraction of sp³-hybridized carbons (Fsp3) is 0.370. The molecule has 2 N–H and O–H groups in total. The molecule has 4 rings (SSSR count). The summed E-state index contributed by atoms with van der Waals surface area (Å²) in [5.41, 5.74) is 4.78. The van der Waals surface area contributed by atoms with Gasteiger partial charge in [-0.25, -0.2) is 0 Å². The number of nitrogens with zero attached hydrogens (tertiary/aromatic N) is 1. The molecule has 0 spiro atoms. The molecule has 2 atom stereocenters. The van der Waals surface area contributed by atoms with E-state index in [-0.39, 0.29) is 18.0 Å². The first-order chi connectivity index (χ1) is 15.5. The van der Waals surface area contributed by atoms with Crippen LogP contribution in [0.25, 0.3) is 10.9 Å². The number of ether oxygens (including phenoxy) is 1. The third-order valence-electron chi connectivity index (χ3n) is 6.19. The van der Waals surface area contributed by atoms with E-state index >= 15 is 0 Å². The smallest absolute Gasteiger partial charge is 0.237 e. The summed E-state index contributed by atoms with van der Waals surface area (Å²) in [7, 11) is 1.65. The first-order valence-corrected chi connectivity index (χ1v) is 11.4. The molecule has 0 radical (unpaired) electrons. The van der Waals surface area contributed by atoms with Crippen LogP contribution in [0.5, 0.6) is 5.75 Å². The molecule has 168 valence electrons. The standard InChI is InChI=1S/C27H33N3O2/c1-5-13-30-17-20-15-24(27(31)28-16-19-9-11-21(32-4)12-10-19)29-23(14-18(2)3)22-7-6-8-25(30)26(20)22/h5-12,17-18,23-24,29H,1,13-16H2,2-4H3,(H,28,31)/t23-,24-/m0/s1. The van der Waals surface area contributed by atoms with E-state index in [1.165, 1.54) is 22.0 Å². The van der Waals surface area contributed by atoms with Gasteiger partial charge in [-0.3, -0.25) is 10.1 Å². The van der Waals surface area contributed by atoms with E-state index in [9.17, 15) is 4.79 Å². The Morgan fingerprint density at radius 1 is 1.28 bits per heavy atom. The van der Waals surface area contributed by atoms with Crippen molar-refractivity contribution in [2.24, 2.45) is 5.92 Å². The van der Waals surface area contributed by atoms with E-state index < -0.39 is 0 Å². The van der Waals surface area contributed by atoms with Gasteiger partial charge in [0.2, 0.25) is 5.91 Å². The Balaban J connectivity index is 1.60. The Morgan fingerprint density at radius 3 is 2.75 bits per heavy atom. The maximum absolute atomic E-state index is 13.3. The monoisotopic (exact) mass is 431 g/mol. The summed E-state index contributed by atoms with van der Waals surface area (Å²) in [4.78, 5) is 13.3. The maximum atomic E-state index is 13.3. The summed E-state index contributed by atoms with van der Waals surface area (Å²) in [6, 6.07) is 14.2. The molecule has 0 saturated heterocycles. The average Bonchev–Trinajstić information content (AvgIpc) is 3.05. The lowest BCUT2D eigenvalue weighted by atomic mass is 9.94. The molecule has 0 aliphatic carbocycles. The van der Waals surface area contributed by atoms with Crippen LogP contribution < -0.4 is 15.4 Å². The second kappa shape index (κ2) is 9.61. The van der Waals surface area contributed by atoms with Gasteiger partial charge in [-0.1, -0.05) is 44.2 Å². The fourth-order valence-corrected chi connectivity index (χ4v) is 4.71. The van der Waals surface area contributed by atoms with Gasteiger partial charge in [0.05, 0.1) is 13.2 Å². The zero-order valence-corrected chi connectivity index (χ0v) is 19.2. The third-order valence-corrected chi connectivity index (χ3v) is 6.19. The maximum Gasteiger partial charge on any atom is 0.237 e. The number of amides is 1. The topological polar surface area (TPSA) is 55.3 Å². The summed E-state index contributed by atoms with van der Waals surface area (Å²) in [6.07, 6.45) is 5.76. The average molecular weight is 432 g/mol. The Morgan fingerprint density at radius 2 is 2.06 bits per heavy atom. The summed E-state index contributed by atoms with van der Waals surface area (Å²) in [6.45, 7) is 9.63. The highest BCUT2D eigenvalue weighted by Crippen LogP contribution is 2.35. The van der Waals surface area contributed by atoms with Crippen LogP contribution in [0.2, 0.25) is 0 Å². The Kier molecular flexibility index (Phi) is 6.66. The first-order valence-electron chi connectivity index (χ1n) is 11.4. The molecule has 0 unspecified atom stereocenters. The lowest BCUT2D eigenvalue weighted by Crippen LogP contribution is -2.46. The summed E-state index contributed by atoms with van der Waals surface area (Å²) < 4.78 is 7.46. The van der Waals surface area contributed by atoms with Crippen molar-refractivity contribution < 1.29 is 9.53 Å². The van der Waals surface area contributed by atoms with Crippen molar-refractivity contribution >= 4 is 16.8 Å². The van der Waals surface area contributed by atoms with E-state index in [0.717, 1.165) is 24.3 Å². The van der Waals surface area contributed by atoms with Gasteiger partial charge in [-0.15, -0.1) is 6.58 Å². The number of methoxy groups -OCH3 is 1. The van der Waals surface area contributed by atoms with Gasteiger partial charge in [0.1, 0.15) is 5.75 Å². The van der Waals surface area contributed by atoms with E-state index in [4.69, 9.17) is 4.74 Å². The highest BCUT2D eigenvalue weighted by molar-refractivity contribution is 5.90. The minimum Gasteiger partial charge on any atom is -0.497 e. The minimum absolute atomic E-state index is 0.0343. The molecule has 0 bridgehead atoms. The zero-order valence-electron chi connectivity index (χ0n) is 19.2. The lowest BCUT2D eigenvalue weighted by molar-refractivity contribution is -0.123. The van der Waals surface area contributed by atoms with Crippen LogP contribution in [0.4, 0.5) is 0 Å². The van der Waals surface area contributed by atoms with Crippen molar-refractivity contribution in [3.8, 4) is 5.75 Å². The Hall–Kier alpha value is -3.05. The van der Waals surface area contributed by atoms with E-state index in [1.54, 1.807) is 7.11 Å². The van der Waals surface area contributed by atoms with Crippen molar-refractivity contribution in [1.29, 1.82) is 0 Å². The highest BCUT2D eigenvalue weighted by Gasteiger charge is 2.30. The zero-order chi connectivity index (χ0) is 22.7. The third kappa shape index (κ3) is 4.58. The van der Waals surface area contributed by atoms with Crippen LogP contribution in [0.3, 0.4) is 0 Å². The SMILES string of the molecule is C=CCn1cc2c3c(cccc31)[C@H](CC(C)C)N[C@H](C(=O)NCc1ccc(OC)cc1)C2. The van der Waals surface area contributed by atoms with Crippen LogP contribution in [0, 0.1) is 5.92 Å². The fourth-order valence-electron chi connectivity index (χ4n) is 4.71. The second-order valence-corrected chi connectivity index (χ2v) is 9.01. The molecule has 5 heteroatoms. The quantitative estimate of drug-likeness (QED) is 0.506. The summed E-state index contributed by atoms with van der Waals surface area (Å²) >= 11 is 0. The molecule has 1 amide bonds. The van der Waals surface area contributed by atoms with Gasteiger partial charge in [0.25, 0.3) is 0 Å². The highest BCUT2D eigenvalue weighted by atomic mass is 16.5. The molecule has 32 heavy (non-hydrogen) atoms. The normalized spacial score (nSPS) is 17.9. The van der Waals surface area contributed by atoms with Gasteiger partial charge < -0.3 is 14.6 Å². The van der Waals surface area contributed by atoms with Crippen molar-refractivity contribution in [2.75, 3.05) is 7.11 Å². The molecule has 5 nitrogen and oxygen atoms in total. The van der Waals surface area contributed by atoms with Crippen molar-refractivity contribution in [2.45, 2.75) is 51.9 Å². The van der Waals surface area contributed by atoms with Crippen molar-refractivity contribution in [1.82, 2.24) is 15.2 Å². The lowest BCUT2D eigenvalue weighted by Gasteiger charge is -2.25. The van der Waals surface area contributed by atoms with Crippen LogP contribution in [-0.2, 0) is 24.3 Å². The van der Waals surface area contributed by atoms with Gasteiger partial charge in [0, 0.05) is 36.2 Å². The predicted molar refractivity (Wildman–Crippen MR) is 130 cm³/mol. The summed E-state index contributed by atoms with van der Waals surface area (Å²) in [5, 5.41) is 8.11. The molecule has 3 aromatic rings. The molecule has 0 fully saturated rings. The molecular weight excluding hydrogens is 398 g/mol.